The maximum Gasteiger partial charge on any atom is 0.255 e. The second-order valence-electron chi connectivity index (χ2n) is 5.50. The highest BCUT2D eigenvalue weighted by atomic mass is 19.1. The van der Waals surface area contributed by atoms with Crippen LogP contribution in [-0.4, -0.2) is 5.91 Å². The first kappa shape index (κ1) is 15.9. The van der Waals surface area contributed by atoms with Crippen molar-refractivity contribution in [1.82, 2.24) is 0 Å². The topological polar surface area (TPSA) is 29.1 Å². The normalized spacial score (nSPS) is 10.5. The quantitative estimate of drug-likeness (QED) is 0.706. The van der Waals surface area contributed by atoms with E-state index in [2.05, 4.69) is 5.32 Å². The van der Waals surface area contributed by atoms with Crippen LogP contribution < -0.4 is 5.32 Å². The Bertz CT molecular complexity index is 868. The lowest BCUT2D eigenvalue weighted by Gasteiger charge is -2.10. The molecule has 0 aliphatic carbocycles. The van der Waals surface area contributed by atoms with Crippen LogP contribution in [0.5, 0.6) is 0 Å². The number of carbonyl (C=O) groups is 1. The number of anilines is 1. The zero-order chi connectivity index (χ0) is 17.1. The number of benzene rings is 3. The molecular weight excluding hydrogens is 308 g/mol. The van der Waals surface area contributed by atoms with Gasteiger partial charge in [-0.3, -0.25) is 4.79 Å². The van der Waals surface area contributed by atoms with Crippen LogP contribution in [0, 0.1) is 18.6 Å². The molecule has 120 valence electrons. The molecule has 0 radical (unpaired) electrons. The fourth-order valence-electron chi connectivity index (χ4n) is 2.46. The molecule has 0 aliphatic heterocycles. The average molecular weight is 323 g/mol. The number of amides is 1. The van der Waals surface area contributed by atoms with E-state index in [1.54, 1.807) is 36.4 Å². The Morgan fingerprint density at radius 2 is 1.50 bits per heavy atom. The maximum absolute atomic E-state index is 14.3. The Morgan fingerprint density at radius 3 is 2.12 bits per heavy atom. The molecule has 3 aromatic carbocycles. The van der Waals surface area contributed by atoms with Crippen molar-refractivity contribution in [3.8, 4) is 11.1 Å². The fourth-order valence-corrected chi connectivity index (χ4v) is 2.46. The SMILES string of the molecule is Cc1cccc(-c2cc(F)c(NC(=O)c3ccccc3)c(F)c2)c1. The Labute approximate surface area is 138 Å². The highest BCUT2D eigenvalue weighted by Gasteiger charge is 2.15. The molecule has 4 heteroatoms. The number of carbonyl (C=O) groups excluding carboxylic acids is 1. The van der Waals surface area contributed by atoms with E-state index in [1.165, 1.54) is 12.1 Å². The molecule has 1 N–H and O–H groups in total. The number of aryl methyl sites for hydroxylation is 1. The van der Waals surface area contributed by atoms with Gasteiger partial charge in [0, 0.05) is 5.56 Å². The molecule has 3 aromatic rings. The van der Waals surface area contributed by atoms with Crippen LogP contribution in [-0.2, 0) is 0 Å². The molecule has 0 saturated heterocycles. The summed E-state index contributed by atoms with van der Waals surface area (Å²) >= 11 is 0. The Hall–Kier alpha value is -3.01. The van der Waals surface area contributed by atoms with Crippen LogP contribution >= 0.6 is 0 Å². The van der Waals surface area contributed by atoms with E-state index in [0.717, 1.165) is 5.56 Å². The van der Waals surface area contributed by atoms with Crippen LogP contribution in [0.3, 0.4) is 0 Å². The zero-order valence-corrected chi connectivity index (χ0v) is 13.0. The van der Waals surface area contributed by atoms with Crippen molar-refractivity contribution >= 4 is 11.6 Å². The molecular formula is C20H15F2NO. The molecule has 0 aromatic heterocycles. The van der Waals surface area contributed by atoms with Crippen molar-refractivity contribution in [1.29, 1.82) is 0 Å². The number of nitrogens with one attached hydrogen (secondary N) is 1. The van der Waals surface area contributed by atoms with Crippen LogP contribution in [0.25, 0.3) is 11.1 Å². The summed E-state index contributed by atoms with van der Waals surface area (Å²) in [5.74, 6) is -2.18. The van der Waals surface area contributed by atoms with Gasteiger partial charge in [0.25, 0.3) is 5.91 Å². The summed E-state index contributed by atoms with van der Waals surface area (Å²) in [4.78, 5) is 12.1. The third-order valence-corrected chi connectivity index (χ3v) is 3.67. The monoisotopic (exact) mass is 323 g/mol. The van der Waals surface area contributed by atoms with Gasteiger partial charge in [0.05, 0.1) is 0 Å². The summed E-state index contributed by atoms with van der Waals surface area (Å²) in [7, 11) is 0. The fraction of sp³-hybridized carbons (Fsp3) is 0.0500. The first-order chi connectivity index (χ1) is 11.5. The molecule has 0 saturated carbocycles. The van der Waals surface area contributed by atoms with E-state index in [-0.39, 0.29) is 0 Å². The van der Waals surface area contributed by atoms with E-state index < -0.39 is 23.2 Å². The molecule has 0 heterocycles. The Balaban J connectivity index is 1.92. The van der Waals surface area contributed by atoms with E-state index in [9.17, 15) is 13.6 Å². The first-order valence-electron chi connectivity index (χ1n) is 7.47. The lowest BCUT2D eigenvalue weighted by atomic mass is 10.0. The molecule has 2 nitrogen and oxygen atoms in total. The van der Waals surface area contributed by atoms with Crippen LogP contribution in [0.1, 0.15) is 15.9 Å². The second-order valence-corrected chi connectivity index (χ2v) is 5.50. The van der Waals surface area contributed by atoms with Crippen molar-refractivity contribution < 1.29 is 13.6 Å². The van der Waals surface area contributed by atoms with Crippen LogP contribution in [0.15, 0.2) is 66.7 Å². The summed E-state index contributed by atoms with van der Waals surface area (Å²) < 4.78 is 28.6. The van der Waals surface area contributed by atoms with E-state index in [0.29, 0.717) is 16.7 Å². The Morgan fingerprint density at radius 1 is 0.833 bits per heavy atom. The lowest BCUT2D eigenvalue weighted by Crippen LogP contribution is -2.14. The molecule has 3 rings (SSSR count). The van der Waals surface area contributed by atoms with Gasteiger partial charge in [-0.1, -0.05) is 48.0 Å². The minimum absolute atomic E-state index is 0.332. The van der Waals surface area contributed by atoms with E-state index >= 15 is 0 Å². The highest BCUT2D eigenvalue weighted by molar-refractivity contribution is 6.04. The minimum atomic E-state index is -0.809. The number of hydrogen-bond donors (Lipinski definition) is 1. The Kier molecular flexibility index (Phi) is 4.38. The number of hydrogen-bond acceptors (Lipinski definition) is 1. The summed E-state index contributed by atoms with van der Waals surface area (Å²) in [6, 6.07) is 18.1. The smallest absolute Gasteiger partial charge is 0.255 e. The van der Waals surface area contributed by atoms with E-state index in [1.807, 2.05) is 25.1 Å². The molecule has 0 spiro atoms. The summed E-state index contributed by atoms with van der Waals surface area (Å²) in [6.45, 7) is 1.91. The van der Waals surface area contributed by atoms with Crippen molar-refractivity contribution in [2.75, 3.05) is 5.32 Å². The lowest BCUT2D eigenvalue weighted by molar-refractivity contribution is 0.102. The summed E-state index contributed by atoms with van der Waals surface area (Å²) in [5, 5.41) is 2.30. The third-order valence-electron chi connectivity index (χ3n) is 3.67. The third kappa shape index (κ3) is 3.33. The molecule has 0 unspecified atom stereocenters. The van der Waals surface area contributed by atoms with Crippen molar-refractivity contribution in [3.05, 3.63) is 89.5 Å². The van der Waals surface area contributed by atoms with Crippen LogP contribution in [0.2, 0.25) is 0 Å². The number of halogens is 2. The van der Waals surface area contributed by atoms with Gasteiger partial charge in [-0.2, -0.15) is 0 Å². The first-order valence-corrected chi connectivity index (χ1v) is 7.47. The molecule has 0 atom stereocenters. The van der Waals surface area contributed by atoms with Gasteiger partial charge in [-0.15, -0.1) is 0 Å². The van der Waals surface area contributed by atoms with Gasteiger partial charge in [0.2, 0.25) is 0 Å². The molecule has 0 fully saturated rings. The zero-order valence-electron chi connectivity index (χ0n) is 13.0. The van der Waals surface area contributed by atoms with Crippen LogP contribution in [0.4, 0.5) is 14.5 Å². The van der Waals surface area contributed by atoms with Crippen molar-refractivity contribution in [2.24, 2.45) is 0 Å². The predicted octanol–water partition coefficient (Wildman–Crippen LogP) is 5.19. The van der Waals surface area contributed by atoms with Crippen molar-refractivity contribution in [2.45, 2.75) is 6.92 Å². The van der Waals surface area contributed by atoms with Gasteiger partial charge in [-0.05, 0) is 42.3 Å². The van der Waals surface area contributed by atoms with Gasteiger partial charge in [0.1, 0.15) is 17.3 Å². The molecule has 24 heavy (non-hydrogen) atoms. The van der Waals surface area contributed by atoms with Gasteiger partial charge >= 0.3 is 0 Å². The van der Waals surface area contributed by atoms with Gasteiger partial charge in [0.15, 0.2) is 0 Å². The minimum Gasteiger partial charge on any atom is -0.317 e. The second kappa shape index (κ2) is 6.62. The predicted molar refractivity (Wildman–Crippen MR) is 90.9 cm³/mol. The highest BCUT2D eigenvalue weighted by Crippen LogP contribution is 2.28. The standard InChI is InChI=1S/C20H15F2NO/c1-13-6-5-9-15(10-13)16-11-17(21)19(18(22)12-16)23-20(24)14-7-3-2-4-8-14/h2-12H,1H3,(H,23,24). The largest absolute Gasteiger partial charge is 0.317 e. The average Bonchev–Trinajstić information content (AvgIpc) is 2.58. The van der Waals surface area contributed by atoms with Crippen molar-refractivity contribution in [3.63, 3.8) is 0 Å². The van der Waals surface area contributed by atoms with E-state index in [4.69, 9.17) is 0 Å². The molecule has 0 bridgehead atoms. The van der Waals surface area contributed by atoms with Gasteiger partial charge in [-0.25, -0.2) is 8.78 Å². The van der Waals surface area contributed by atoms with Gasteiger partial charge < -0.3 is 5.32 Å². The number of rotatable bonds is 3. The maximum atomic E-state index is 14.3. The summed E-state index contributed by atoms with van der Waals surface area (Å²) in [5.41, 5.74) is 2.02. The molecule has 0 aliphatic rings. The molecule has 1 amide bonds. The summed E-state index contributed by atoms with van der Waals surface area (Å²) in [6.07, 6.45) is 0.